The van der Waals surface area contributed by atoms with Crippen molar-refractivity contribution >= 4 is 0 Å². The van der Waals surface area contributed by atoms with Gasteiger partial charge in [-0.05, 0) is 30.0 Å². The smallest absolute Gasteiger partial charge is 0.202 e. The number of alkyl halides is 2. The summed E-state index contributed by atoms with van der Waals surface area (Å²) in [4.78, 5) is 0. The zero-order valence-electron chi connectivity index (χ0n) is 10.4. The summed E-state index contributed by atoms with van der Waals surface area (Å²) < 4.78 is 26.5. The standard InChI is InChI=1S/C16H16F2/c1-16(17,18)15-10-6-9-14(12-15)11-13-7-4-2-3-5-8-13/h2,4-10,12H,3,11H2,1H3. The molecule has 1 aliphatic carbocycles. The summed E-state index contributed by atoms with van der Waals surface area (Å²) in [6.45, 7) is 0.930. The third-order valence-electron chi connectivity index (χ3n) is 2.89. The van der Waals surface area contributed by atoms with Crippen molar-refractivity contribution in [2.24, 2.45) is 0 Å². The first kappa shape index (κ1) is 12.7. The predicted octanol–water partition coefficient (Wildman–Crippen LogP) is 4.78. The Morgan fingerprint density at radius 2 is 2.06 bits per heavy atom. The third-order valence-corrected chi connectivity index (χ3v) is 2.89. The van der Waals surface area contributed by atoms with Crippen LogP contribution in [0, 0.1) is 0 Å². The van der Waals surface area contributed by atoms with Crippen molar-refractivity contribution < 1.29 is 8.78 Å². The van der Waals surface area contributed by atoms with Crippen LogP contribution in [-0.4, -0.2) is 0 Å². The third kappa shape index (κ3) is 3.39. The van der Waals surface area contributed by atoms with Crippen molar-refractivity contribution in [2.45, 2.75) is 25.7 Å². The van der Waals surface area contributed by atoms with Gasteiger partial charge in [0.25, 0.3) is 5.92 Å². The van der Waals surface area contributed by atoms with Crippen LogP contribution in [0.3, 0.4) is 0 Å². The van der Waals surface area contributed by atoms with Gasteiger partial charge >= 0.3 is 0 Å². The van der Waals surface area contributed by atoms with Gasteiger partial charge < -0.3 is 0 Å². The number of benzene rings is 1. The Morgan fingerprint density at radius 1 is 1.22 bits per heavy atom. The van der Waals surface area contributed by atoms with E-state index in [9.17, 15) is 8.78 Å². The fourth-order valence-electron chi connectivity index (χ4n) is 1.93. The summed E-state index contributed by atoms with van der Waals surface area (Å²) in [5.41, 5.74) is 2.13. The SMILES string of the molecule is CC(F)(F)c1cccc(CC2=CC=CCC=C2)c1. The minimum atomic E-state index is -2.77. The first-order valence-corrected chi connectivity index (χ1v) is 6.05. The van der Waals surface area contributed by atoms with Gasteiger partial charge in [-0.2, -0.15) is 0 Å². The molecule has 0 aromatic heterocycles. The van der Waals surface area contributed by atoms with Gasteiger partial charge in [-0.3, -0.25) is 0 Å². The summed E-state index contributed by atoms with van der Waals surface area (Å²) in [5, 5.41) is 0. The molecule has 0 radical (unpaired) electrons. The van der Waals surface area contributed by atoms with Crippen LogP contribution in [0.15, 0.2) is 60.2 Å². The van der Waals surface area contributed by atoms with E-state index in [1.165, 1.54) is 6.07 Å². The lowest BCUT2D eigenvalue weighted by Gasteiger charge is -2.12. The number of hydrogen-bond donors (Lipinski definition) is 0. The summed E-state index contributed by atoms with van der Waals surface area (Å²) >= 11 is 0. The van der Waals surface area contributed by atoms with Crippen LogP contribution < -0.4 is 0 Å². The quantitative estimate of drug-likeness (QED) is 0.719. The first-order chi connectivity index (χ1) is 8.55. The van der Waals surface area contributed by atoms with E-state index < -0.39 is 5.92 Å². The van der Waals surface area contributed by atoms with Crippen molar-refractivity contribution in [1.29, 1.82) is 0 Å². The van der Waals surface area contributed by atoms with E-state index in [2.05, 4.69) is 18.2 Å². The average molecular weight is 246 g/mol. The molecule has 0 unspecified atom stereocenters. The van der Waals surface area contributed by atoms with Gasteiger partial charge in [0.2, 0.25) is 0 Å². The Hall–Kier alpha value is -1.70. The second-order valence-corrected chi connectivity index (χ2v) is 4.57. The van der Waals surface area contributed by atoms with Gasteiger partial charge in [-0.1, -0.05) is 48.6 Å². The van der Waals surface area contributed by atoms with Crippen LogP contribution in [0.2, 0.25) is 0 Å². The highest BCUT2D eigenvalue weighted by molar-refractivity contribution is 5.35. The number of allylic oxidation sites excluding steroid dienone is 6. The largest absolute Gasteiger partial charge is 0.270 e. The molecule has 0 fully saturated rings. The van der Waals surface area contributed by atoms with Crippen molar-refractivity contribution in [3.05, 3.63) is 71.3 Å². The van der Waals surface area contributed by atoms with E-state index in [-0.39, 0.29) is 5.56 Å². The Kier molecular flexibility index (Phi) is 3.75. The van der Waals surface area contributed by atoms with E-state index in [4.69, 9.17) is 0 Å². The Balaban J connectivity index is 2.19. The van der Waals surface area contributed by atoms with Gasteiger partial charge in [-0.15, -0.1) is 0 Å². The van der Waals surface area contributed by atoms with Gasteiger partial charge in [0.05, 0.1) is 0 Å². The lowest BCUT2D eigenvalue weighted by Crippen LogP contribution is -2.07. The minimum Gasteiger partial charge on any atom is -0.202 e. The van der Waals surface area contributed by atoms with Crippen molar-refractivity contribution in [3.63, 3.8) is 0 Å². The van der Waals surface area contributed by atoms with Crippen molar-refractivity contribution in [1.82, 2.24) is 0 Å². The van der Waals surface area contributed by atoms with Gasteiger partial charge in [-0.25, -0.2) is 8.78 Å². The molecule has 2 heteroatoms. The molecule has 1 aliphatic rings. The second kappa shape index (κ2) is 5.30. The zero-order chi connectivity index (χ0) is 13.0. The molecule has 2 rings (SSSR count). The molecule has 0 spiro atoms. The molecule has 0 aliphatic heterocycles. The van der Waals surface area contributed by atoms with Crippen LogP contribution in [-0.2, 0) is 12.3 Å². The van der Waals surface area contributed by atoms with Gasteiger partial charge in [0.1, 0.15) is 0 Å². The van der Waals surface area contributed by atoms with E-state index in [1.54, 1.807) is 12.1 Å². The maximum Gasteiger partial charge on any atom is 0.270 e. The fraction of sp³-hybridized carbons (Fsp3) is 0.250. The van der Waals surface area contributed by atoms with E-state index in [0.717, 1.165) is 24.5 Å². The van der Waals surface area contributed by atoms with Crippen molar-refractivity contribution in [2.75, 3.05) is 0 Å². The van der Waals surface area contributed by atoms with Gasteiger partial charge in [0.15, 0.2) is 0 Å². The number of halogens is 2. The Bertz CT molecular complexity index is 502. The number of hydrogen-bond acceptors (Lipinski definition) is 0. The zero-order valence-corrected chi connectivity index (χ0v) is 10.4. The average Bonchev–Trinajstić information content (AvgIpc) is 2.57. The number of rotatable bonds is 3. The monoisotopic (exact) mass is 246 g/mol. The summed E-state index contributed by atoms with van der Waals surface area (Å²) in [6, 6.07) is 6.64. The Labute approximate surface area is 106 Å². The molecular weight excluding hydrogens is 230 g/mol. The molecule has 1 aromatic carbocycles. The molecular formula is C16H16F2. The normalized spacial score (nSPS) is 15.4. The predicted molar refractivity (Wildman–Crippen MR) is 70.7 cm³/mol. The molecule has 0 N–H and O–H groups in total. The lowest BCUT2D eigenvalue weighted by molar-refractivity contribution is 0.0174. The minimum absolute atomic E-state index is 0.0775. The molecule has 18 heavy (non-hydrogen) atoms. The molecule has 0 nitrogen and oxygen atoms in total. The van der Waals surface area contributed by atoms with Crippen LogP contribution in [0.1, 0.15) is 24.5 Å². The van der Waals surface area contributed by atoms with Crippen LogP contribution >= 0.6 is 0 Å². The molecule has 0 saturated heterocycles. The summed E-state index contributed by atoms with van der Waals surface area (Å²) in [6.07, 6.45) is 11.8. The molecule has 0 amide bonds. The van der Waals surface area contributed by atoms with E-state index >= 15 is 0 Å². The maximum absolute atomic E-state index is 13.2. The molecule has 94 valence electrons. The summed E-state index contributed by atoms with van der Waals surface area (Å²) in [5.74, 6) is -2.77. The van der Waals surface area contributed by atoms with Crippen LogP contribution in [0.5, 0.6) is 0 Å². The van der Waals surface area contributed by atoms with Crippen LogP contribution in [0.4, 0.5) is 8.78 Å². The van der Waals surface area contributed by atoms with E-state index in [0.29, 0.717) is 6.42 Å². The topological polar surface area (TPSA) is 0 Å². The van der Waals surface area contributed by atoms with E-state index in [1.807, 2.05) is 18.2 Å². The second-order valence-electron chi connectivity index (χ2n) is 4.57. The lowest BCUT2D eigenvalue weighted by atomic mass is 10.0. The van der Waals surface area contributed by atoms with Crippen molar-refractivity contribution in [3.8, 4) is 0 Å². The van der Waals surface area contributed by atoms with Gasteiger partial charge in [0, 0.05) is 12.5 Å². The maximum atomic E-state index is 13.2. The highest BCUT2D eigenvalue weighted by Gasteiger charge is 2.23. The van der Waals surface area contributed by atoms with Crippen LogP contribution in [0.25, 0.3) is 0 Å². The summed E-state index contributed by atoms with van der Waals surface area (Å²) in [7, 11) is 0. The first-order valence-electron chi connectivity index (χ1n) is 6.05. The molecule has 0 saturated carbocycles. The molecule has 0 heterocycles. The molecule has 0 atom stereocenters. The fourth-order valence-corrected chi connectivity index (χ4v) is 1.93. The molecule has 1 aromatic rings. The highest BCUT2D eigenvalue weighted by atomic mass is 19.3. The highest BCUT2D eigenvalue weighted by Crippen LogP contribution is 2.28. The Morgan fingerprint density at radius 3 is 2.83 bits per heavy atom. The molecule has 0 bridgehead atoms.